The lowest BCUT2D eigenvalue weighted by Gasteiger charge is -2.10. The Hall–Kier alpha value is -2.60. The molecule has 6 heteroatoms. The molecule has 0 unspecified atom stereocenters. The van der Waals surface area contributed by atoms with E-state index in [2.05, 4.69) is 21.2 Å². The summed E-state index contributed by atoms with van der Waals surface area (Å²) in [6, 6.07) is 13.8. The van der Waals surface area contributed by atoms with Crippen LogP contribution in [-0.2, 0) is 4.79 Å². The van der Waals surface area contributed by atoms with Gasteiger partial charge in [-0.15, -0.1) is 0 Å². The second-order valence-corrected chi connectivity index (χ2v) is 5.94. The van der Waals surface area contributed by atoms with E-state index in [1.165, 1.54) is 0 Å². The standard InChI is InChI=1S/C18H15BrN2O3/c1-2-24-16-9-8-12(10-14(16)19)11-15-17(22)21(18(23)20-15)13-6-4-3-5-7-13/h3-11H,2H2,1H3,(H,20,23)/b15-11+. The molecule has 0 radical (unpaired) electrons. The van der Waals surface area contributed by atoms with E-state index < -0.39 is 6.03 Å². The molecule has 5 nitrogen and oxygen atoms in total. The first kappa shape index (κ1) is 16.3. The first-order valence-corrected chi connectivity index (χ1v) is 8.24. The van der Waals surface area contributed by atoms with E-state index in [1.807, 2.05) is 31.2 Å². The number of carbonyl (C=O) groups is 2. The number of ether oxygens (including phenoxy) is 1. The Morgan fingerprint density at radius 1 is 1.17 bits per heavy atom. The third-order valence-electron chi connectivity index (χ3n) is 3.46. The SMILES string of the molecule is CCOc1ccc(/C=C2/NC(=O)N(c3ccccc3)C2=O)cc1Br. The highest BCUT2D eigenvalue weighted by Crippen LogP contribution is 2.28. The molecule has 1 saturated heterocycles. The zero-order chi connectivity index (χ0) is 17.1. The highest BCUT2D eigenvalue weighted by atomic mass is 79.9. The number of imide groups is 1. The van der Waals surface area contributed by atoms with Crippen LogP contribution < -0.4 is 15.0 Å². The Morgan fingerprint density at radius 3 is 2.58 bits per heavy atom. The number of para-hydroxylation sites is 1. The molecule has 0 bridgehead atoms. The van der Waals surface area contributed by atoms with Crippen molar-refractivity contribution >= 4 is 39.6 Å². The Bertz CT molecular complexity index is 818. The maximum atomic E-state index is 12.5. The molecule has 2 aromatic carbocycles. The number of halogens is 1. The van der Waals surface area contributed by atoms with Crippen LogP contribution in [0.3, 0.4) is 0 Å². The number of anilines is 1. The van der Waals surface area contributed by atoms with Crippen molar-refractivity contribution in [2.75, 3.05) is 11.5 Å². The quantitative estimate of drug-likeness (QED) is 0.639. The number of nitrogens with zero attached hydrogens (tertiary/aromatic N) is 1. The van der Waals surface area contributed by atoms with Gasteiger partial charge in [0.2, 0.25) is 0 Å². The van der Waals surface area contributed by atoms with Crippen LogP contribution in [0, 0.1) is 0 Å². The number of carbonyl (C=O) groups excluding carboxylic acids is 2. The third kappa shape index (κ3) is 3.19. The first-order valence-electron chi connectivity index (χ1n) is 7.44. The lowest BCUT2D eigenvalue weighted by molar-refractivity contribution is -0.113. The van der Waals surface area contributed by atoms with Gasteiger partial charge in [0.1, 0.15) is 11.4 Å². The summed E-state index contributed by atoms with van der Waals surface area (Å²) in [6.45, 7) is 2.48. The molecule has 122 valence electrons. The maximum Gasteiger partial charge on any atom is 0.333 e. The highest BCUT2D eigenvalue weighted by molar-refractivity contribution is 9.10. The molecule has 24 heavy (non-hydrogen) atoms. The van der Waals surface area contributed by atoms with Crippen molar-refractivity contribution in [1.82, 2.24) is 5.32 Å². The Morgan fingerprint density at radius 2 is 1.92 bits per heavy atom. The Kier molecular flexibility index (Phi) is 4.66. The Labute approximate surface area is 148 Å². The molecule has 1 aliphatic heterocycles. The minimum atomic E-state index is -0.456. The van der Waals surface area contributed by atoms with E-state index in [4.69, 9.17) is 4.74 Å². The predicted octanol–water partition coefficient (Wildman–Crippen LogP) is 3.95. The number of nitrogens with one attached hydrogen (secondary N) is 1. The largest absolute Gasteiger partial charge is 0.493 e. The van der Waals surface area contributed by atoms with Crippen LogP contribution >= 0.6 is 15.9 Å². The summed E-state index contributed by atoms with van der Waals surface area (Å²) in [4.78, 5) is 25.7. The van der Waals surface area contributed by atoms with Gasteiger partial charge in [0.15, 0.2) is 0 Å². The number of rotatable bonds is 4. The van der Waals surface area contributed by atoms with Gasteiger partial charge in [-0.3, -0.25) is 4.79 Å². The second kappa shape index (κ2) is 6.88. The van der Waals surface area contributed by atoms with Gasteiger partial charge >= 0.3 is 6.03 Å². The summed E-state index contributed by atoms with van der Waals surface area (Å²) in [5.41, 5.74) is 1.56. The van der Waals surface area contributed by atoms with Gasteiger partial charge in [0.05, 0.1) is 16.8 Å². The monoisotopic (exact) mass is 386 g/mol. The third-order valence-corrected chi connectivity index (χ3v) is 4.08. The molecule has 1 heterocycles. The highest BCUT2D eigenvalue weighted by Gasteiger charge is 2.34. The zero-order valence-corrected chi connectivity index (χ0v) is 14.5. The molecule has 0 aliphatic carbocycles. The fraction of sp³-hybridized carbons (Fsp3) is 0.111. The molecule has 0 spiro atoms. The van der Waals surface area contributed by atoms with E-state index in [0.717, 1.165) is 20.7 Å². The lowest BCUT2D eigenvalue weighted by Crippen LogP contribution is -2.30. The van der Waals surface area contributed by atoms with Gasteiger partial charge in [0.25, 0.3) is 5.91 Å². The minimum absolute atomic E-state index is 0.236. The number of hydrogen-bond donors (Lipinski definition) is 1. The van der Waals surface area contributed by atoms with Gasteiger partial charge in [-0.1, -0.05) is 24.3 Å². The van der Waals surface area contributed by atoms with E-state index >= 15 is 0 Å². The molecule has 1 aliphatic rings. The van der Waals surface area contributed by atoms with Crippen LogP contribution in [0.5, 0.6) is 5.75 Å². The molecular formula is C18H15BrN2O3. The topological polar surface area (TPSA) is 58.6 Å². The predicted molar refractivity (Wildman–Crippen MR) is 95.7 cm³/mol. The fourth-order valence-electron chi connectivity index (χ4n) is 2.39. The van der Waals surface area contributed by atoms with Crippen molar-refractivity contribution in [3.05, 3.63) is 64.3 Å². The summed E-state index contributed by atoms with van der Waals surface area (Å²) in [7, 11) is 0. The van der Waals surface area contributed by atoms with Crippen molar-refractivity contribution in [2.24, 2.45) is 0 Å². The molecule has 0 saturated carbocycles. The van der Waals surface area contributed by atoms with Crippen LogP contribution in [0.2, 0.25) is 0 Å². The summed E-state index contributed by atoms with van der Waals surface area (Å²) in [5, 5.41) is 2.61. The van der Waals surface area contributed by atoms with Crippen LogP contribution in [0.1, 0.15) is 12.5 Å². The summed E-state index contributed by atoms with van der Waals surface area (Å²) >= 11 is 3.44. The molecule has 3 amide bonds. The number of amides is 3. The van der Waals surface area contributed by atoms with Crippen LogP contribution in [0.25, 0.3) is 6.08 Å². The molecule has 2 aromatic rings. The van der Waals surface area contributed by atoms with Gasteiger partial charge < -0.3 is 10.1 Å². The Balaban J connectivity index is 1.88. The number of benzene rings is 2. The minimum Gasteiger partial charge on any atom is -0.493 e. The summed E-state index contributed by atoms with van der Waals surface area (Å²) in [5.74, 6) is 0.351. The lowest BCUT2D eigenvalue weighted by atomic mass is 10.2. The van der Waals surface area contributed by atoms with E-state index in [0.29, 0.717) is 12.3 Å². The molecule has 0 aromatic heterocycles. The van der Waals surface area contributed by atoms with Gasteiger partial charge in [-0.2, -0.15) is 0 Å². The molecular weight excluding hydrogens is 372 g/mol. The normalized spacial score (nSPS) is 15.8. The first-order chi connectivity index (χ1) is 11.6. The fourth-order valence-corrected chi connectivity index (χ4v) is 2.90. The number of hydrogen-bond acceptors (Lipinski definition) is 3. The van der Waals surface area contributed by atoms with Crippen molar-refractivity contribution in [2.45, 2.75) is 6.92 Å². The smallest absolute Gasteiger partial charge is 0.333 e. The van der Waals surface area contributed by atoms with Crippen LogP contribution in [0.15, 0.2) is 58.7 Å². The second-order valence-electron chi connectivity index (χ2n) is 5.09. The molecule has 1 fully saturated rings. The van der Waals surface area contributed by atoms with E-state index in [-0.39, 0.29) is 11.6 Å². The van der Waals surface area contributed by atoms with E-state index in [9.17, 15) is 9.59 Å². The van der Waals surface area contributed by atoms with Crippen LogP contribution in [-0.4, -0.2) is 18.5 Å². The summed E-state index contributed by atoms with van der Waals surface area (Å²) in [6.07, 6.45) is 1.64. The molecule has 3 rings (SSSR count). The summed E-state index contributed by atoms with van der Waals surface area (Å²) < 4.78 is 6.25. The van der Waals surface area contributed by atoms with Gasteiger partial charge in [-0.05, 0) is 58.8 Å². The average molecular weight is 387 g/mol. The van der Waals surface area contributed by atoms with Crippen LogP contribution in [0.4, 0.5) is 10.5 Å². The maximum absolute atomic E-state index is 12.5. The molecule has 0 atom stereocenters. The van der Waals surface area contributed by atoms with Crippen molar-refractivity contribution < 1.29 is 14.3 Å². The van der Waals surface area contributed by atoms with Gasteiger partial charge in [0, 0.05) is 0 Å². The zero-order valence-electron chi connectivity index (χ0n) is 13.0. The van der Waals surface area contributed by atoms with E-state index in [1.54, 1.807) is 30.3 Å². The molecule has 1 N–H and O–H groups in total. The van der Waals surface area contributed by atoms with Crippen molar-refractivity contribution in [1.29, 1.82) is 0 Å². The van der Waals surface area contributed by atoms with Crippen molar-refractivity contribution in [3.8, 4) is 5.75 Å². The van der Waals surface area contributed by atoms with Crippen molar-refractivity contribution in [3.63, 3.8) is 0 Å². The average Bonchev–Trinajstić information content (AvgIpc) is 2.85. The number of urea groups is 1. The van der Waals surface area contributed by atoms with Gasteiger partial charge in [-0.25, -0.2) is 9.69 Å².